The van der Waals surface area contributed by atoms with Crippen molar-refractivity contribution in [3.63, 3.8) is 0 Å². The van der Waals surface area contributed by atoms with Crippen LogP contribution >= 0.6 is 0 Å². The molecule has 7 heteroatoms. The Balaban J connectivity index is 1.74. The van der Waals surface area contributed by atoms with Gasteiger partial charge in [0.15, 0.2) is 0 Å². The highest BCUT2D eigenvalue weighted by Gasteiger charge is 2.43. The first-order valence-electron chi connectivity index (χ1n) is 7.16. The van der Waals surface area contributed by atoms with Crippen LogP contribution in [0, 0.1) is 5.82 Å². The third kappa shape index (κ3) is 2.59. The predicted molar refractivity (Wildman–Crippen MR) is 76.5 cm³/mol. The summed E-state index contributed by atoms with van der Waals surface area (Å²) in [7, 11) is 0. The first-order valence-corrected chi connectivity index (χ1v) is 7.16. The number of rotatable bonds is 3. The molecule has 6 nitrogen and oxygen atoms in total. The number of carbonyl (C=O) groups is 3. The summed E-state index contributed by atoms with van der Waals surface area (Å²) in [4.78, 5) is 40.1. The fraction of sp³-hybridized carbons (Fsp3) is 0.400. The zero-order chi connectivity index (χ0) is 15.7. The first-order chi connectivity index (χ1) is 10.6. The van der Waals surface area contributed by atoms with Gasteiger partial charge in [-0.3, -0.25) is 19.3 Å². The van der Waals surface area contributed by atoms with Crippen LogP contribution in [0.4, 0.5) is 10.1 Å². The molecule has 2 heterocycles. The van der Waals surface area contributed by atoms with Gasteiger partial charge in [0.2, 0.25) is 12.3 Å². The second kappa shape index (κ2) is 5.84. The summed E-state index contributed by atoms with van der Waals surface area (Å²) in [6.07, 6.45) is 0.918. The van der Waals surface area contributed by atoms with Gasteiger partial charge in [-0.15, -0.1) is 0 Å². The maximum atomic E-state index is 13.0. The molecule has 3 rings (SSSR count). The van der Waals surface area contributed by atoms with E-state index in [-0.39, 0.29) is 18.2 Å². The molecule has 0 aromatic heterocycles. The number of hydrogen-bond acceptors (Lipinski definition) is 4. The average molecular weight is 305 g/mol. The minimum Gasteiger partial charge on any atom is -0.343 e. The number of nitrogens with zero attached hydrogens (tertiary/aromatic N) is 3. The molecule has 22 heavy (non-hydrogen) atoms. The van der Waals surface area contributed by atoms with E-state index < -0.39 is 11.9 Å². The van der Waals surface area contributed by atoms with Crippen LogP contribution in [0.1, 0.15) is 6.42 Å². The lowest BCUT2D eigenvalue weighted by molar-refractivity contribution is -0.124. The molecule has 0 unspecified atom stereocenters. The number of amides is 3. The normalized spacial score (nSPS) is 23.2. The van der Waals surface area contributed by atoms with E-state index in [0.29, 0.717) is 31.9 Å². The van der Waals surface area contributed by atoms with Crippen LogP contribution in [0.5, 0.6) is 0 Å². The Kier molecular flexibility index (Phi) is 3.89. The number of piperazine rings is 1. The molecular formula is C15H16FN3O3. The van der Waals surface area contributed by atoms with Gasteiger partial charge >= 0.3 is 0 Å². The lowest BCUT2D eigenvalue weighted by Gasteiger charge is -2.35. The van der Waals surface area contributed by atoms with Crippen molar-refractivity contribution in [3.8, 4) is 0 Å². The first kappa shape index (κ1) is 14.6. The molecule has 0 spiro atoms. The Morgan fingerprint density at radius 1 is 1.05 bits per heavy atom. The van der Waals surface area contributed by atoms with E-state index in [1.165, 1.54) is 24.3 Å². The molecule has 3 amide bonds. The van der Waals surface area contributed by atoms with Crippen molar-refractivity contribution in [2.24, 2.45) is 0 Å². The number of halogens is 1. The van der Waals surface area contributed by atoms with E-state index in [4.69, 9.17) is 0 Å². The maximum Gasteiger partial charge on any atom is 0.251 e. The van der Waals surface area contributed by atoms with Gasteiger partial charge in [-0.25, -0.2) is 9.29 Å². The third-order valence-electron chi connectivity index (χ3n) is 4.15. The van der Waals surface area contributed by atoms with Crippen molar-refractivity contribution in [1.82, 2.24) is 9.80 Å². The van der Waals surface area contributed by atoms with Crippen molar-refractivity contribution in [2.45, 2.75) is 12.5 Å². The Morgan fingerprint density at radius 3 is 2.27 bits per heavy atom. The fourth-order valence-corrected chi connectivity index (χ4v) is 2.92. The average Bonchev–Trinajstić information content (AvgIpc) is 2.83. The molecule has 0 saturated carbocycles. The predicted octanol–water partition coefficient (Wildman–Crippen LogP) is 0.232. The van der Waals surface area contributed by atoms with E-state index in [1.807, 2.05) is 4.90 Å². The lowest BCUT2D eigenvalue weighted by atomic mass is 10.2. The SMILES string of the molecule is O=CN1CCN([C@@H]2CC(=O)N(c3ccc(F)cc3)C2=O)CC1. The van der Waals surface area contributed by atoms with Gasteiger partial charge in [0.25, 0.3) is 5.91 Å². The number of carbonyl (C=O) groups excluding carboxylic acids is 3. The van der Waals surface area contributed by atoms with Crippen molar-refractivity contribution in [3.05, 3.63) is 30.1 Å². The largest absolute Gasteiger partial charge is 0.343 e. The molecule has 2 fully saturated rings. The summed E-state index contributed by atoms with van der Waals surface area (Å²) < 4.78 is 13.0. The van der Waals surface area contributed by atoms with Crippen molar-refractivity contribution >= 4 is 23.9 Å². The van der Waals surface area contributed by atoms with E-state index >= 15 is 0 Å². The van der Waals surface area contributed by atoms with Gasteiger partial charge in [0.1, 0.15) is 5.82 Å². The quantitative estimate of drug-likeness (QED) is 0.592. The highest BCUT2D eigenvalue weighted by Crippen LogP contribution is 2.26. The van der Waals surface area contributed by atoms with Gasteiger partial charge in [-0.1, -0.05) is 0 Å². The summed E-state index contributed by atoms with van der Waals surface area (Å²) in [5, 5.41) is 0. The van der Waals surface area contributed by atoms with Crippen LogP contribution in [0.2, 0.25) is 0 Å². The second-order valence-electron chi connectivity index (χ2n) is 5.44. The summed E-state index contributed by atoms with van der Waals surface area (Å²) in [6, 6.07) is 4.82. The fourth-order valence-electron chi connectivity index (χ4n) is 2.92. The molecule has 116 valence electrons. The summed E-state index contributed by atoms with van der Waals surface area (Å²) in [5.74, 6) is -0.972. The van der Waals surface area contributed by atoms with Gasteiger partial charge in [-0.2, -0.15) is 0 Å². The highest BCUT2D eigenvalue weighted by molar-refractivity contribution is 6.22. The van der Waals surface area contributed by atoms with E-state index in [9.17, 15) is 18.8 Å². The van der Waals surface area contributed by atoms with Crippen molar-refractivity contribution in [1.29, 1.82) is 0 Å². The number of anilines is 1. The zero-order valence-corrected chi connectivity index (χ0v) is 11.9. The molecule has 1 aromatic rings. The molecule has 2 aliphatic rings. The lowest BCUT2D eigenvalue weighted by Crippen LogP contribution is -2.52. The molecule has 0 bridgehead atoms. The topological polar surface area (TPSA) is 60.9 Å². The van der Waals surface area contributed by atoms with Gasteiger partial charge in [0.05, 0.1) is 18.2 Å². The summed E-state index contributed by atoms with van der Waals surface area (Å²) in [6.45, 7) is 2.25. The Hall–Kier alpha value is -2.28. The van der Waals surface area contributed by atoms with Crippen molar-refractivity contribution < 1.29 is 18.8 Å². The number of imide groups is 1. The molecule has 2 saturated heterocycles. The maximum absolute atomic E-state index is 13.0. The van der Waals surface area contributed by atoms with E-state index in [0.717, 1.165) is 11.3 Å². The monoisotopic (exact) mass is 305 g/mol. The molecular weight excluding hydrogens is 289 g/mol. The van der Waals surface area contributed by atoms with Gasteiger partial charge in [0, 0.05) is 26.2 Å². The Labute approximate surface area is 127 Å². The van der Waals surface area contributed by atoms with Crippen LogP contribution in [0.3, 0.4) is 0 Å². The van der Waals surface area contributed by atoms with Crippen LogP contribution in [0.25, 0.3) is 0 Å². The minimum atomic E-state index is -0.494. The number of hydrogen-bond donors (Lipinski definition) is 0. The Bertz CT molecular complexity index is 597. The van der Waals surface area contributed by atoms with Crippen LogP contribution < -0.4 is 4.90 Å². The van der Waals surface area contributed by atoms with Crippen molar-refractivity contribution in [2.75, 3.05) is 31.1 Å². The van der Waals surface area contributed by atoms with Gasteiger partial charge in [-0.05, 0) is 24.3 Å². The summed E-state index contributed by atoms with van der Waals surface area (Å²) >= 11 is 0. The minimum absolute atomic E-state index is 0.122. The molecule has 0 aliphatic carbocycles. The van der Waals surface area contributed by atoms with Crippen LogP contribution in [-0.4, -0.2) is 60.2 Å². The van der Waals surface area contributed by atoms with Crippen LogP contribution in [-0.2, 0) is 14.4 Å². The molecule has 0 N–H and O–H groups in total. The smallest absolute Gasteiger partial charge is 0.251 e. The Morgan fingerprint density at radius 2 is 1.68 bits per heavy atom. The van der Waals surface area contributed by atoms with Gasteiger partial charge < -0.3 is 4.90 Å². The highest BCUT2D eigenvalue weighted by atomic mass is 19.1. The number of benzene rings is 1. The zero-order valence-electron chi connectivity index (χ0n) is 11.9. The van der Waals surface area contributed by atoms with E-state index in [1.54, 1.807) is 4.90 Å². The summed E-state index contributed by atoms with van der Waals surface area (Å²) in [5.41, 5.74) is 0.394. The standard InChI is InChI=1S/C15H16FN3O3/c16-11-1-3-12(4-2-11)19-14(21)9-13(15(19)22)18-7-5-17(10-20)6-8-18/h1-4,10,13H,5-9H2/t13-/m1/s1. The second-order valence-corrected chi connectivity index (χ2v) is 5.44. The molecule has 1 atom stereocenters. The van der Waals surface area contributed by atoms with Crippen LogP contribution in [0.15, 0.2) is 24.3 Å². The molecule has 1 aromatic carbocycles. The van der Waals surface area contributed by atoms with E-state index in [2.05, 4.69) is 0 Å². The molecule has 2 aliphatic heterocycles. The third-order valence-corrected chi connectivity index (χ3v) is 4.15. The molecule has 0 radical (unpaired) electrons.